The molecule has 0 aliphatic rings. The number of hydrogen-bond donors (Lipinski definition) is 0. The Kier molecular flexibility index (Phi) is 3.23. The van der Waals surface area contributed by atoms with E-state index in [1.807, 2.05) is 0 Å². The van der Waals surface area contributed by atoms with Gasteiger partial charge in [0.25, 0.3) is 0 Å². The van der Waals surface area contributed by atoms with Crippen LogP contribution in [0.2, 0.25) is 0 Å². The second-order valence-corrected chi connectivity index (χ2v) is 5.61. The summed E-state index contributed by atoms with van der Waals surface area (Å²) >= 11 is 0. The number of fused-ring (bicyclic) bond motifs is 1. The molecule has 0 fully saturated rings. The SMILES string of the molecule is COc1cc2c(C)cc(=O)oc2cc1OS(C)(=O)=O. The Morgan fingerprint density at radius 2 is 1.84 bits per heavy atom. The van der Waals surface area contributed by atoms with E-state index in [0.29, 0.717) is 10.9 Å². The first-order chi connectivity index (χ1) is 8.80. The molecule has 0 spiro atoms. The Morgan fingerprint density at radius 1 is 1.16 bits per heavy atom. The van der Waals surface area contributed by atoms with E-state index >= 15 is 0 Å². The Hall–Kier alpha value is -2.02. The van der Waals surface area contributed by atoms with Crippen molar-refractivity contribution in [1.29, 1.82) is 0 Å². The molecule has 0 radical (unpaired) electrons. The predicted octanol–water partition coefficient (Wildman–Crippen LogP) is 1.45. The van der Waals surface area contributed by atoms with E-state index in [9.17, 15) is 13.2 Å². The Morgan fingerprint density at radius 3 is 2.42 bits per heavy atom. The summed E-state index contributed by atoms with van der Waals surface area (Å²) in [6.07, 6.45) is 0.920. The molecule has 0 saturated carbocycles. The van der Waals surface area contributed by atoms with Crippen molar-refractivity contribution in [2.75, 3.05) is 13.4 Å². The van der Waals surface area contributed by atoms with Crippen LogP contribution in [0.15, 0.2) is 27.4 Å². The molecule has 1 aromatic carbocycles. The summed E-state index contributed by atoms with van der Waals surface area (Å²) < 4.78 is 37.2. The number of methoxy groups -OCH3 is 1. The van der Waals surface area contributed by atoms with Crippen molar-refractivity contribution in [2.45, 2.75) is 6.92 Å². The van der Waals surface area contributed by atoms with Crippen molar-refractivity contribution in [3.05, 3.63) is 34.2 Å². The highest BCUT2D eigenvalue weighted by molar-refractivity contribution is 7.86. The van der Waals surface area contributed by atoms with E-state index in [-0.39, 0.29) is 17.1 Å². The largest absolute Gasteiger partial charge is 0.493 e. The molecule has 1 aromatic heterocycles. The van der Waals surface area contributed by atoms with E-state index in [4.69, 9.17) is 13.3 Å². The van der Waals surface area contributed by atoms with Crippen LogP contribution in [0.25, 0.3) is 11.0 Å². The van der Waals surface area contributed by atoms with Crippen molar-refractivity contribution in [3.8, 4) is 11.5 Å². The highest BCUT2D eigenvalue weighted by Crippen LogP contribution is 2.33. The topological polar surface area (TPSA) is 82.8 Å². The van der Waals surface area contributed by atoms with Crippen molar-refractivity contribution >= 4 is 21.1 Å². The monoisotopic (exact) mass is 284 g/mol. The zero-order valence-corrected chi connectivity index (χ0v) is 11.4. The Labute approximate surface area is 109 Å². The van der Waals surface area contributed by atoms with Crippen LogP contribution in [0.1, 0.15) is 5.56 Å². The lowest BCUT2D eigenvalue weighted by molar-refractivity contribution is 0.391. The van der Waals surface area contributed by atoms with Crippen molar-refractivity contribution in [3.63, 3.8) is 0 Å². The van der Waals surface area contributed by atoms with E-state index in [1.54, 1.807) is 13.0 Å². The molecular weight excluding hydrogens is 272 g/mol. The molecule has 0 bridgehead atoms. The number of aryl methyl sites for hydroxylation is 1. The van der Waals surface area contributed by atoms with Crippen LogP contribution in [0, 0.1) is 6.92 Å². The molecule has 0 saturated heterocycles. The summed E-state index contributed by atoms with van der Waals surface area (Å²) in [5, 5.41) is 0.650. The third-order valence-corrected chi connectivity index (χ3v) is 2.96. The van der Waals surface area contributed by atoms with Gasteiger partial charge in [0.1, 0.15) is 5.58 Å². The van der Waals surface area contributed by atoms with Crippen molar-refractivity contribution in [2.24, 2.45) is 0 Å². The van der Waals surface area contributed by atoms with Gasteiger partial charge in [-0.1, -0.05) is 0 Å². The zero-order valence-electron chi connectivity index (χ0n) is 10.6. The molecular formula is C12H12O6S. The van der Waals surface area contributed by atoms with Gasteiger partial charge in [0.2, 0.25) is 0 Å². The number of hydrogen-bond acceptors (Lipinski definition) is 6. The van der Waals surface area contributed by atoms with Crippen molar-refractivity contribution < 1.29 is 21.8 Å². The fourth-order valence-corrected chi connectivity index (χ4v) is 2.17. The summed E-state index contributed by atoms with van der Waals surface area (Å²) in [7, 11) is -2.30. The molecule has 102 valence electrons. The molecule has 0 aliphatic heterocycles. The maximum atomic E-state index is 11.3. The Bertz CT molecular complexity index is 788. The first-order valence-electron chi connectivity index (χ1n) is 5.32. The second-order valence-electron chi connectivity index (χ2n) is 4.04. The maximum absolute atomic E-state index is 11.3. The molecule has 0 unspecified atom stereocenters. The van der Waals surface area contributed by atoms with Crippen LogP contribution in [-0.4, -0.2) is 21.8 Å². The maximum Gasteiger partial charge on any atom is 0.336 e. The molecule has 2 rings (SSSR count). The van der Waals surface area contributed by atoms with Gasteiger partial charge < -0.3 is 13.3 Å². The van der Waals surface area contributed by atoms with Crippen LogP contribution in [0.3, 0.4) is 0 Å². The van der Waals surface area contributed by atoms with Gasteiger partial charge in [-0.25, -0.2) is 4.79 Å². The summed E-state index contributed by atoms with van der Waals surface area (Å²) in [6, 6.07) is 4.23. The minimum atomic E-state index is -3.70. The van der Waals surface area contributed by atoms with Gasteiger partial charge in [-0.15, -0.1) is 0 Å². The first kappa shape index (κ1) is 13.4. The van der Waals surface area contributed by atoms with Crippen molar-refractivity contribution in [1.82, 2.24) is 0 Å². The van der Waals surface area contributed by atoms with Crippen LogP contribution in [-0.2, 0) is 10.1 Å². The van der Waals surface area contributed by atoms with E-state index in [0.717, 1.165) is 6.26 Å². The van der Waals surface area contributed by atoms with Gasteiger partial charge in [0, 0.05) is 17.5 Å². The molecule has 0 amide bonds. The first-order valence-corrected chi connectivity index (χ1v) is 7.14. The van der Waals surface area contributed by atoms with Gasteiger partial charge in [0.05, 0.1) is 13.4 Å². The van der Waals surface area contributed by atoms with E-state index < -0.39 is 15.7 Å². The predicted molar refractivity (Wildman–Crippen MR) is 69.2 cm³/mol. The van der Waals surface area contributed by atoms with E-state index in [2.05, 4.69) is 0 Å². The average Bonchev–Trinajstić information content (AvgIpc) is 2.25. The van der Waals surface area contributed by atoms with Crippen LogP contribution in [0.5, 0.6) is 11.5 Å². The molecule has 6 nitrogen and oxygen atoms in total. The number of rotatable bonds is 3. The van der Waals surface area contributed by atoms with Crippen LogP contribution >= 0.6 is 0 Å². The number of ether oxygens (including phenoxy) is 1. The smallest absolute Gasteiger partial charge is 0.336 e. The third-order valence-electron chi connectivity index (χ3n) is 2.48. The molecule has 2 aromatic rings. The van der Waals surface area contributed by atoms with Gasteiger partial charge >= 0.3 is 15.7 Å². The molecule has 19 heavy (non-hydrogen) atoms. The normalized spacial score (nSPS) is 11.5. The summed E-state index contributed by atoms with van der Waals surface area (Å²) in [5.41, 5.74) is 0.431. The fourth-order valence-electron chi connectivity index (χ4n) is 1.71. The molecule has 1 heterocycles. The molecule has 0 N–H and O–H groups in total. The summed E-state index contributed by atoms with van der Waals surface area (Å²) in [5.74, 6) is 0.223. The van der Waals surface area contributed by atoms with Gasteiger partial charge in [-0.05, 0) is 18.6 Å². The Balaban J connectivity index is 2.74. The summed E-state index contributed by atoms with van der Waals surface area (Å²) in [6.45, 7) is 1.75. The minimum absolute atomic E-state index is 0.0220. The highest BCUT2D eigenvalue weighted by Gasteiger charge is 2.14. The molecule has 7 heteroatoms. The quantitative estimate of drug-likeness (QED) is 0.626. The average molecular weight is 284 g/mol. The zero-order chi connectivity index (χ0) is 14.2. The van der Waals surface area contributed by atoms with Gasteiger partial charge in [-0.3, -0.25) is 0 Å². The number of benzene rings is 1. The molecule has 0 atom stereocenters. The summed E-state index contributed by atoms with van der Waals surface area (Å²) in [4.78, 5) is 11.3. The minimum Gasteiger partial charge on any atom is -0.493 e. The third kappa shape index (κ3) is 2.87. The lowest BCUT2D eigenvalue weighted by atomic mass is 10.1. The van der Waals surface area contributed by atoms with Crippen LogP contribution < -0.4 is 14.5 Å². The second kappa shape index (κ2) is 4.58. The lowest BCUT2D eigenvalue weighted by Crippen LogP contribution is -2.07. The van der Waals surface area contributed by atoms with Gasteiger partial charge in [0.15, 0.2) is 11.5 Å². The molecule has 0 aliphatic carbocycles. The van der Waals surface area contributed by atoms with E-state index in [1.165, 1.54) is 19.2 Å². The van der Waals surface area contributed by atoms with Gasteiger partial charge in [-0.2, -0.15) is 8.42 Å². The highest BCUT2D eigenvalue weighted by atomic mass is 32.2. The van der Waals surface area contributed by atoms with Crippen LogP contribution in [0.4, 0.5) is 0 Å². The standard InChI is InChI=1S/C12H12O6S/c1-7-4-12(13)17-9-6-11(18-19(3,14)15)10(16-2)5-8(7)9/h4-6H,1-3H3. The fraction of sp³-hybridized carbons (Fsp3) is 0.250. The lowest BCUT2D eigenvalue weighted by Gasteiger charge is -2.10.